The van der Waals surface area contributed by atoms with Crippen LogP contribution in [-0.4, -0.2) is 56.6 Å². The molecule has 0 bridgehead atoms. The minimum Gasteiger partial charge on any atom is -0.395 e. The summed E-state index contributed by atoms with van der Waals surface area (Å²) in [5.41, 5.74) is 1.56. The predicted octanol–water partition coefficient (Wildman–Crippen LogP) is 1.56. The maximum atomic E-state index is 13.0. The van der Waals surface area contributed by atoms with Crippen molar-refractivity contribution < 1.29 is 22.7 Å². The Labute approximate surface area is 182 Å². The molecule has 2 aromatic heterocycles. The lowest BCUT2D eigenvalue weighted by molar-refractivity contribution is -0.134. The van der Waals surface area contributed by atoms with E-state index in [2.05, 4.69) is 10.2 Å². The van der Waals surface area contributed by atoms with E-state index in [1.165, 1.54) is 22.0 Å². The molecule has 3 aromatic rings. The Morgan fingerprint density at radius 3 is 2.71 bits per heavy atom. The summed E-state index contributed by atoms with van der Waals surface area (Å²) in [6.07, 6.45) is 3.74. The topological polar surface area (TPSA) is 110 Å². The van der Waals surface area contributed by atoms with Crippen LogP contribution in [0.15, 0.2) is 47.8 Å². The Morgan fingerprint density at radius 2 is 2.03 bits per heavy atom. The lowest BCUT2D eigenvalue weighted by Crippen LogP contribution is -2.33. The average Bonchev–Trinajstić information content (AvgIpc) is 3.45. The number of benzene rings is 1. The van der Waals surface area contributed by atoms with Crippen LogP contribution in [0.1, 0.15) is 22.7 Å². The fourth-order valence-electron chi connectivity index (χ4n) is 3.49. The summed E-state index contributed by atoms with van der Waals surface area (Å²) in [5.74, 6) is -1.15. The van der Waals surface area contributed by atoms with Gasteiger partial charge in [0.25, 0.3) is 10.0 Å². The number of alkyl halides is 1. The molecule has 0 unspecified atom stereocenters. The van der Waals surface area contributed by atoms with Gasteiger partial charge in [-0.25, -0.2) is 4.39 Å². The van der Waals surface area contributed by atoms with E-state index in [4.69, 9.17) is 11.6 Å². The lowest BCUT2D eigenvalue weighted by Gasteiger charge is -2.22. The van der Waals surface area contributed by atoms with Gasteiger partial charge in [-0.15, -0.1) is 0 Å². The van der Waals surface area contributed by atoms with Gasteiger partial charge in [-0.2, -0.15) is 22.7 Å². The van der Waals surface area contributed by atoms with Crippen molar-refractivity contribution in [3.63, 3.8) is 0 Å². The normalized spacial score (nSPS) is 14.6. The average molecular weight is 468 g/mol. The van der Waals surface area contributed by atoms with Gasteiger partial charge in [0.1, 0.15) is 11.6 Å². The number of aliphatic hydroxyl groups excluding tert-OH is 1. The first-order valence-electron chi connectivity index (χ1n) is 9.40. The van der Waals surface area contributed by atoms with Gasteiger partial charge in [0.2, 0.25) is 5.91 Å². The highest BCUT2D eigenvalue weighted by Gasteiger charge is 2.34. The molecule has 0 aliphatic carbocycles. The third-order valence-electron chi connectivity index (χ3n) is 5.10. The number of hydrogen-bond acceptors (Lipinski definition) is 6. The standard InChI is InChI=1S/C19H19ClFN5O4S/c20-17-4-2-1-3-15(17)16(12-27)19(28)24-8-13-9-26(23-18(13)11-24)31(29,30)14-7-22-25(10-14)6-5-21/h1-4,7,9-10,16,27H,5-6,8,11-12H2/t16-/m1/s1. The first-order chi connectivity index (χ1) is 14.8. The van der Waals surface area contributed by atoms with Gasteiger partial charge in [0.05, 0.1) is 37.5 Å². The highest BCUT2D eigenvalue weighted by atomic mass is 35.5. The van der Waals surface area contributed by atoms with Crippen molar-refractivity contribution in [2.45, 2.75) is 30.4 Å². The number of hydrogen-bond donors (Lipinski definition) is 1. The van der Waals surface area contributed by atoms with E-state index >= 15 is 0 Å². The number of halogens is 2. The molecule has 12 heteroatoms. The van der Waals surface area contributed by atoms with Crippen molar-refractivity contribution in [3.8, 4) is 0 Å². The highest BCUT2D eigenvalue weighted by Crippen LogP contribution is 2.30. The Hall–Kier alpha value is -2.76. The van der Waals surface area contributed by atoms with Crippen molar-refractivity contribution in [1.82, 2.24) is 23.9 Å². The summed E-state index contributed by atoms with van der Waals surface area (Å²) >= 11 is 6.18. The molecule has 31 heavy (non-hydrogen) atoms. The third kappa shape index (κ3) is 3.95. The van der Waals surface area contributed by atoms with Crippen molar-refractivity contribution in [3.05, 3.63) is 64.7 Å². The molecule has 0 fully saturated rings. The fraction of sp³-hybridized carbons (Fsp3) is 0.316. The van der Waals surface area contributed by atoms with Crippen molar-refractivity contribution in [1.29, 1.82) is 0 Å². The number of carbonyl (C=O) groups excluding carboxylic acids is 1. The molecule has 9 nitrogen and oxygen atoms in total. The number of amides is 1. The van der Waals surface area contributed by atoms with Crippen LogP contribution >= 0.6 is 11.6 Å². The van der Waals surface area contributed by atoms with E-state index < -0.39 is 29.2 Å². The quantitative estimate of drug-likeness (QED) is 0.564. The van der Waals surface area contributed by atoms with E-state index in [9.17, 15) is 22.7 Å². The Morgan fingerprint density at radius 1 is 1.26 bits per heavy atom. The first-order valence-corrected chi connectivity index (χ1v) is 11.2. The van der Waals surface area contributed by atoms with Gasteiger partial charge in [0, 0.05) is 29.5 Å². The van der Waals surface area contributed by atoms with Crippen LogP contribution in [0.25, 0.3) is 0 Å². The largest absolute Gasteiger partial charge is 0.395 e. The van der Waals surface area contributed by atoms with Crippen LogP contribution in [0.3, 0.4) is 0 Å². The third-order valence-corrected chi connectivity index (χ3v) is 6.93. The predicted molar refractivity (Wildman–Crippen MR) is 109 cm³/mol. The maximum Gasteiger partial charge on any atom is 0.286 e. The zero-order chi connectivity index (χ0) is 22.2. The monoisotopic (exact) mass is 467 g/mol. The summed E-state index contributed by atoms with van der Waals surface area (Å²) in [4.78, 5) is 14.4. The van der Waals surface area contributed by atoms with Gasteiger partial charge in [-0.1, -0.05) is 29.8 Å². The SMILES string of the molecule is O=C([C@H](CO)c1ccccc1Cl)N1Cc2cn(S(=O)(=O)c3cnn(CCF)c3)nc2C1. The van der Waals surface area contributed by atoms with Crippen LogP contribution in [0.5, 0.6) is 0 Å². The smallest absolute Gasteiger partial charge is 0.286 e. The fourth-order valence-corrected chi connectivity index (χ4v) is 4.88. The molecule has 0 saturated heterocycles. The van der Waals surface area contributed by atoms with Crippen LogP contribution in [0.4, 0.5) is 4.39 Å². The van der Waals surface area contributed by atoms with Crippen molar-refractivity contribution >= 4 is 27.5 Å². The van der Waals surface area contributed by atoms with Gasteiger partial charge < -0.3 is 10.0 Å². The molecule has 3 heterocycles. The van der Waals surface area contributed by atoms with Crippen LogP contribution in [-0.2, 0) is 34.5 Å². The second-order valence-corrected chi connectivity index (χ2v) is 9.26. The van der Waals surface area contributed by atoms with Crippen LogP contribution < -0.4 is 0 Å². The number of rotatable bonds is 7. The van der Waals surface area contributed by atoms with Crippen molar-refractivity contribution in [2.24, 2.45) is 0 Å². The molecule has 1 N–H and O–H groups in total. The second-order valence-electron chi connectivity index (χ2n) is 7.06. The maximum absolute atomic E-state index is 13.0. The Balaban J connectivity index is 1.52. The lowest BCUT2D eigenvalue weighted by atomic mass is 9.98. The van der Waals surface area contributed by atoms with Gasteiger partial charge in [-0.3, -0.25) is 9.48 Å². The van der Waals surface area contributed by atoms with E-state index in [1.807, 2.05) is 0 Å². The molecule has 1 aliphatic rings. The molecule has 0 spiro atoms. The highest BCUT2D eigenvalue weighted by molar-refractivity contribution is 7.89. The van der Waals surface area contributed by atoms with E-state index in [0.29, 0.717) is 21.8 Å². The molecule has 0 saturated carbocycles. The number of aryl methyl sites for hydroxylation is 1. The molecular weight excluding hydrogens is 449 g/mol. The zero-order valence-corrected chi connectivity index (χ0v) is 17.8. The number of aromatic nitrogens is 4. The summed E-state index contributed by atoms with van der Waals surface area (Å²) < 4.78 is 40.0. The van der Waals surface area contributed by atoms with Crippen molar-refractivity contribution in [2.75, 3.05) is 13.3 Å². The van der Waals surface area contributed by atoms with E-state index in [1.54, 1.807) is 24.3 Å². The minimum absolute atomic E-state index is 0.0420. The minimum atomic E-state index is -3.98. The van der Waals surface area contributed by atoms with E-state index in [0.717, 1.165) is 10.3 Å². The summed E-state index contributed by atoms with van der Waals surface area (Å²) in [5, 5.41) is 18.1. The summed E-state index contributed by atoms with van der Waals surface area (Å²) in [7, 11) is -3.98. The number of fused-ring (bicyclic) bond motifs is 1. The molecule has 1 atom stereocenters. The summed E-state index contributed by atoms with van der Waals surface area (Å²) in [6, 6.07) is 6.81. The molecule has 4 rings (SSSR count). The van der Waals surface area contributed by atoms with Gasteiger partial charge in [0.15, 0.2) is 0 Å². The molecule has 1 aliphatic heterocycles. The zero-order valence-electron chi connectivity index (χ0n) is 16.2. The summed E-state index contributed by atoms with van der Waals surface area (Å²) in [6.45, 7) is -0.845. The van der Waals surface area contributed by atoms with Gasteiger partial charge >= 0.3 is 0 Å². The number of carbonyl (C=O) groups is 1. The molecule has 164 valence electrons. The second kappa shape index (κ2) is 8.40. The molecular formula is C19H19ClFN5O4S. The Kier molecular flexibility index (Phi) is 5.82. The van der Waals surface area contributed by atoms with Crippen LogP contribution in [0.2, 0.25) is 5.02 Å². The number of nitrogens with zero attached hydrogens (tertiary/aromatic N) is 5. The molecule has 1 amide bonds. The van der Waals surface area contributed by atoms with Crippen LogP contribution in [0, 0.1) is 0 Å². The molecule has 1 aromatic carbocycles. The van der Waals surface area contributed by atoms with Gasteiger partial charge in [-0.05, 0) is 11.6 Å². The first kappa shape index (κ1) is 21.5. The molecule has 0 radical (unpaired) electrons. The van der Waals surface area contributed by atoms with E-state index in [-0.39, 0.29) is 30.4 Å². The number of aliphatic hydroxyl groups is 1. The Bertz CT molecular complexity index is 1200.